The Labute approximate surface area is 137 Å². The molecule has 0 heterocycles. The van der Waals surface area contributed by atoms with Crippen molar-refractivity contribution in [2.75, 3.05) is 19.7 Å². The summed E-state index contributed by atoms with van der Waals surface area (Å²) in [6.45, 7) is 2.46. The molecule has 0 aromatic heterocycles. The van der Waals surface area contributed by atoms with Gasteiger partial charge >= 0.3 is 12.5 Å². The van der Waals surface area contributed by atoms with Gasteiger partial charge in [-0.15, -0.1) is 13.2 Å². The largest absolute Gasteiger partial charge is 0.573 e. The zero-order valence-corrected chi connectivity index (χ0v) is 13.1. The summed E-state index contributed by atoms with van der Waals surface area (Å²) in [6, 6.07) is 5.33. The second-order valence-electron chi connectivity index (χ2n) is 4.69. The lowest BCUT2D eigenvalue weighted by atomic mass is 10.1. The van der Waals surface area contributed by atoms with Crippen LogP contribution in [-0.4, -0.2) is 38.1 Å². The number of hydrogen-bond donors (Lipinski definition) is 2. The Morgan fingerprint density at radius 3 is 2.29 bits per heavy atom. The zero-order valence-electron chi connectivity index (χ0n) is 13.1. The lowest BCUT2D eigenvalue weighted by Gasteiger charge is -2.09. The number of rotatable bonds is 8. The highest BCUT2D eigenvalue weighted by molar-refractivity contribution is 5.76. The molecule has 6 nitrogen and oxygen atoms in total. The summed E-state index contributed by atoms with van der Waals surface area (Å²) < 4.78 is 44.5. The van der Waals surface area contributed by atoms with Crippen LogP contribution in [0.15, 0.2) is 24.3 Å². The molecule has 134 valence electrons. The molecule has 9 heteroatoms. The van der Waals surface area contributed by atoms with Crippen molar-refractivity contribution in [1.29, 1.82) is 0 Å². The van der Waals surface area contributed by atoms with Gasteiger partial charge in [-0.1, -0.05) is 12.1 Å². The Morgan fingerprint density at radius 2 is 1.71 bits per heavy atom. The highest BCUT2D eigenvalue weighted by Gasteiger charge is 2.30. The molecule has 0 fully saturated rings. The van der Waals surface area contributed by atoms with Crippen LogP contribution in [0.5, 0.6) is 5.75 Å². The van der Waals surface area contributed by atoms with Crippen molar-refractivity contribution in [3.05, 3.63) is 29.8 Å². The molecule has 1 aromatic carbocycles. The molecule has 0 aliphatic rings. The van der Waals surface area contributed by atoms with Crippen LogP contribution in [0.25, 0.3) is 0 Å². The number of carbonyl (C=O) groups excluding carboxylic acids is 2. The minimum Gasteiger partial charge on any atom is -0.450 e. The minimum absolute atomic E-state index is 0.179. The second kappa shape index (κ2) is 9.64. The molecule has 0 radical (unpaired) electrons. The van der Waals surface area contributed by atoms with E-state index in [2.05, 4.69) is 20.1 Å². The van der Waals surface area contributed by atoms with E-state index in [1.54, 1.807) is 6.92 Å². The topological polar surface area (TPSA) is 76.7 Å². The van der Waals surface area contributed by atoms with Crippen molar-refractivity contribution in [2.45, 2.75) is 26.1 Å². The van der Waals surface area contributed by atoms with Crippen LogP contribution in [0.2, 0.25) is 0 Å². The first-order valence-corrected chi connectivity index (χ1v) is 7.32. The SMILES string of the molecule is CCOC(=O)NCCNC(=O)CCc1ccc(OC(F)(F)F)cc1. The van der Waals surface area contributed by atoms with Gasteiger partial charge in [0.25, 0.3) is 0 Å². The molecule has 0 aliphatic heterocycles. The lowest BCUT2D eigenvalue weighted by Crippen LogP contribution is -2.35. The highest BCUT2D eigenvalue weighted by Crippen LogP contribution is 2.22. The molecular formula is C15H19F3N2O4. The Hall–Kier alpha value is -2.45. The van der Waals surface area contributed by atoms with Gasteiger partial charge in [0.05, 0.1) is 6.61 Å². The Morgan fingerprint density at radius 1 is 1.08 bits per heavy atom. The minimum atomic E-state index is -4.72. The monoisotopic (exact) mass is 348 g/mol. The molecule has 0 unspecified atom stereocenters. The molecule has 1 rings (SSSR count). The number of amides is 2. The molecule has 0 aliphatic carbocycles. The summed E-state index contributed by atoms with van der Waals surface area (Å²) in [6.07, 6.45) is -4.71. The maximum atomic E-state index is 12.0. The fraction of sp³-hybridized carbons (Fsp3) is 0.467. The lowest BCUT2D eigenvalue weighted by molar-refractivity contribution is -0.274. The van der Waals surface area contributed by atoms with E-state index in [-0.39, 0.29) is 37.8 Å². The van der Waals surface area contributed by atoms with Gasteiger partial charge in [0.1, 0.15) is 5.75 Å². The summed E-state index contributed by atoms with van der Waals surface area (Å²) in [5.74, 6) is -0.531. The third-order valence-electron chi connectivity index (χ3n) is 2.79. The number of halogens is 3. The first-order valence-electron chi connectivity index (χ1n) is 7.32. The number of aryl methyl sites for hydroxylation is 1. The van der Waals surface area contributed by atoms with Crippen molar-refractivity contribution in [3.8, 4) is 5.75 Å². The molecule has 2 N–H and O–H groups in total. The van der Waals surface area contributed by atoms with Crippen molar-refractivity contribution in [1.82, 2.24) is 10.6 Å². The van der Waals surface area contributed by atoms with Crippen LogP contribution in [0.3, 0.4) is 0 Å². The van der Waals surface area contributed by atoms with Gasteiger partial charge in [0.15, 0.2) is 0 Å². The molecule has 2 amide bonds. The fourth-order valence-corrected chi connectivity index (χ4v) is 1.75. The van der Waals surface area contributed by atoms with E-state index in [0.29, 0.717) is 12.0 Å². The summed E-state index contributed by atoms with van der Waals surface area (Å²) in [4.78, 5) is 22.6. The van der Waals surface area contributed by atoms with Crippen molar-refractivity contribution in [3.63, 3.8) is 0 Å². The smallest absolute Gasteiger partial charge is 0.450 e. The van der Waals surface area contributed by atoms with Gasteiger partial charge in [0, 0.05) is 19.5 Å². The van der Waals surface area contributed by atoms with Crippen LogP contribution in [-0.2, 0) is 16.0 Å². The average Bonchev–Trinajstić information content (AvgIpc) is 2.50. The summed E-state index contributed by atoms with van der Waals surface area (Å²) in [5.41, 5.74) is 0.712. The second-order valence-corrected chi connectivity index (χ2v) is 4.69. The Bertz CT molecular complexity index is 533. The third-order valence-corrected chi connectivity index (χ3v) is 2.79. The van der Waals surface area contributed by atoms with Gasteiger partial charge in [0.2, 0.25) is 5.91 Å². The van der Waals surface area contributed by atoms with E-state index in [4.69, 9.17) is 0 Å². The molecular weight excluding hydrogens is 329 g/mol. The molecule has 0 bridgehead atoms. The van der Waals surface area contributed by atoms with Gasteiger partial charge in [-0.2, -0.15) is 0 Å². The number of hydrogen-bond acceptors (Lipinski definition) is 4. The first kappa shape index (κ1) is 19.6. The van der Waals surface area contributed by atoms with E-state index in [0.717, 1.165) is 0 Å². The standard InChI is InChI=1S/C15H19F3N2O4/c1-2-23-14(22)20-10-9-19-13(21)8-5-11-3-6-12(7-4-11)24-15(16,17)18/h3-4,6-7H,2,5,8-10H2,1H3,(H,19,21)(H,20,22). The predicted octanol–water partition coefficient (Wildman–Crippen LogP) is 2.38. The van der Waals surface area contributed by atoms with E-state index in [1.807, 2.05) is 0 Å². The number of carbonyl (C=O) groups is 2. The normalized spacial score (nSPS) is 10.8. The molecule has 0 saturated heterocycles. The van der Waals surface area contributed by atoms with Crippen molar-refractivity contribution < 1.29 is 32.2 Å². The van der Waals surface area contributed by atoms with Crippen LogP contribution in [0.4, 0.5) is 18.0 Å². The average molecular weight is 348 g/mol. The zero-order chi connectivity index (χ0) is 18.0. The van der Waals surface area contributed by atoms with Crippen LogP contribution in [0, 0.1) is 0 Å². The maximum Gasteiger partial charge on any atom is 0.573 e. The highest BCUT2D eigenvalue weighted by atomic mass is 19.4. The van der Waals surface area contributed by atoms with Crippen molar-refractivity contribution in [2.24, 2.45) is 0 Å². The van der Waals surface area contributed by atoms with E-state index >= 15 is 0 Å². The fourth-order valence-electron chi connectivity index (χ4n) is 1.75. The molecule has 24 heavy (non-hydrogen) atoms. The first-order chi connectivity index (χ1) is 11.3. The number of ether oxygens (including phenoxy) is 2. The van der Waals surface area contributed by atoms with Crippen LogP contribution < -0.4 is 15.4 Å². The van der Waals surface area contributed by atoms with E-state index in [9.17, 15) is 22.8 Å². The predicted molar refractivity (Wildman–Crippen MR) is 79.5 cm³/mol. The number of alkyl halides is 3. The number of alkyl carbamates (subject to hydrolysis) is 1. The summed E-state index contributed by atoms with van der Waals surface area (Å²) in [7, 11) is 0. The van der Waals surface area contributed by atoms with Gasteiger partial charge in [-0.05, 0) is 31.0 Å². The third kappa shape index (κ3) is 8.86. The Balaban J connectivity index is 2.23. The molecule has 0 atom stereocenters. The molecule has 0 spiro atoms. The van der Waals surface area contributed by atoms with E-state index < -0.39 is 12.5 Å². The van der Waals surface area contributed by atoms with Gasteiger partial charge in [-0.25, -0.2) is 4.79 Å². The Kier molecular flexibility index (Phi) is 7.87. The van der Waals surface area contributed by atoms with Crippen molar-refractivity contribution >= 4 is 12.0 Å². The maximum absolute atomic E-state index is 12.0. The molecule has 1 aromatic rings. The van der Waals surface area contributed by atoms with Gasteiger partial charge in [-0.3, -0.25) is 4.79 Å². The number of nitrogens with one attached hydrogen (secondary N) is 2. The quantitative estimate of drug-likeness (QED) is 0.707. The molecule has 0 saturated carbocycles. The van der Waals surface area contributed by atoms with Crippen LogP contribution in [0.1, 0.15) is 18.9 Å². The summed E-state index contributed by atoms with van der Waals surface area (Å²) in [5, 5.41) is 5.07. The van der Waals surface area contributed by atoms with E-state index in [1.165, 1.54) is 24.3 Å². The summed E-state index contributed by atoms with van der Waals surface area (Å²) >= 11 is 0. The van der Waals surface area contributed by atoms with Crippen LogP contribution >= 0.6 is 0 Å². The van der Waals surface area contributed by atoms with Gasteiger partial charge < -0.3 is 20.1 Å². The number of benzene rings is 1.